The quantitative estimate of drug-likeness (QED) is 0.754. The molecule has 0 aromatic carbocycles. The average Bonchev–Trinajstić information content (AvgIpc) is 2.65. The Bertz CT molecular complexity index is 509. The van der Waals surface area contributed by atoms with Crippen molar-refractivity contribution in [1.29, 1.82) is 0 Å². The highest BCUT2D eigenvalue weighted by molar-refractivity contribution is 7.91. The fraction of sp³-hybridized carbons (Fsp3) is 0.833. The number of hydrogen-bond donors (Lipinski definition) is 0. The molecule has 0 aliphatic carbocycles. The van der Waals surface area contributed by atoms with Crippen molar-refractivity contribution >= 4 is 21.5 Å². The molecule has 0 bridgehead atoms. The molecule has 0 radical (unpaired) electrons. The zero-order valence-corrected chi connectivity index (χ0v) is 12.1. The van der Waals surface area contributed by atoms with Crippen LogP contribution in [0.3, 0.4) is 0 Å². The SMILES string of the molecule is CC1=NN(C2(C)CCS(=O)(=O)C2)C(=O)C1C(C)C. The number of rotatable bonds is 2. The third-order valence-corrected chi connectivity index (χ3v) is 5.73. The first-order chi connectivity index (χ1) is 8.16. The Morgan fingerprint density at radius 1 is 1.44 bits per heavy atom. The van der Waals surface area contributed by atoms with E-state index in [0.29, 0.717) is 6.42 Å². The van der Waals surface area contributed by atoms with E-state index in [1.807, 2.05) is 27.7 Å². The van der Waals surface area contributed by atoms with Gasteiger partial charge in [0.05, 0.1) is 23.0 Å². The molecule has 2 aliphatic rings. The molecule has 2 heterocycles. The van der Waals surface area contributed by atoms with Crippen LogP contribution in [-0.4, -0.2) is 42.1 Å². The molecule has 0 spiro atoms. The lowest BCUT2D eigenvalue weighted by atomic mass is 9.90. The molecule has 2 rings (SSSR count). The molecule has 0 saturated carbocycles. The molecule has 0 aromatic rings. The molecule has 1 fully saturated rings. The summed E-state index contributed by atoms with van der Waals surface area (Å²) < 4.78 is 23.2. The normalized spacial score (nSPS) is 35.4. The summed E-state index contributed by atoms with van der Waals surface area (Å²) in [4.78, 5) is 12.4. The molecular formula is C12H20N2O3S. The van der Waals surface area contributed by atoms with Crippen LogP contribution in [0.15, 0.2) is 5.10 Å². The van der Waals surface area contributed by atoms with Crippen LogP contribution in [-0.2, 0) is 14.6 Å². The highest BCUT2D eigenvalue weighted by atomic mass is 32.2. The van der Waals surface area contributed by atoms with Crippen LogP contribution in [0, 0.1) is 11.8 Å². The molecule has 2 unspecified atom stereocenters. The molecular weight excluding hydrogens is 252 g/mol. The van der Waals surface area contributed by atoms with Crippen molar-refractivity contribution < 1.29 is 13.2 Å². The lowest BCUT2D eigenvalue weighted by Gasteiger charge is -2.31. The third-order valence-electron chi connectivity index (χ3n) is 3.84. The fourth-order valence-corrected chi connectivity index (χ4v) is 5.00. The molecule has 18 heavy (non-hydrogen) atoms. The van der Waals surface area contributed by atoms with E-state index in [2.05, 4.69) is 5.10 Å². The van der Waals surface area contributed by atoms with Crippen molar-refractivity contribution in [1.82, 2.24) is 5.01 Å². The van der Waals surface area contributed by atoms with Gasteiger partial charge in [0.15, 0.2) is 9.84 Å². The molecule has 1 amide bonds. The summed E-state index contributed by atoms with van der Waals surface area (Å²) >= 11 is 0. The second kappa shape index (κ2) is 4.05. The molecule has 6 heteroatoms. The van der Waals surface area contributed by atoms with Gasteiger partial charge in [0.25, 0.3) is 5.91 Å². The van der Waals surface area contributed by atoms with Gasteiger partial charge in [-0.25, -0.2) is 13.4 Å². The smallest absolute Gasteiger partial charge is 0.252 e. The summed E-state index contributed by atoms with van der Waals surface area (Å²) in [7, 11) is -3.03. The average molecular weight is 272 g/mol. The van der Waals surface area contributed by atoms with Crippen molar-refractivity contribution in [3.8, 4) is 0 Å². The van der Waals surface area contributed by atoms with Crippen LogP contribution >= 0.6 is 0 Å². The topological polar surface area (TPSA) is 66.8 Å². The minimum absolute atomic E-state index is 0.0212. The molecule has 2 atom stereocenters. The maximum absolute atomic E-state index is 12.4. The van der Waals surface area contributed by atoms with Gasteiger partial charge in [-0.1, -0.05) is 13.8 Å². The lowest BCUT2D eigenvalue weighted by molar-refractivity contribution is -0.137. The van der Waals surface area contributed by atoms with E-state index in [0.717, 1.165) is 5.71 Å². The number of carbonyl (C=O) groups is 1. The summed E-state index contributed by atoms with van der Waals surface area (Å²) in [6.07, 6.45) is 0.475. The largest absolute Gasteiger partial charge is 0.272 e. The third kappa shape index (κ3) is 2.06. The van der Waals surface area contributed by atoms with Crippen molar-refractivity contribution in [2.24, 2.45) is 16.9 Å². The van der Waals surface area contributed by atoms with Gasteiger partial charge in [0.1, 0.15) is 0 Å². The maximum atomic E-state index is 12.4. The standard InChI is InChI=1S/C12H20N2O3S/c1-8(2)10-9(3)13-14(11(10)15)12(4)5-6-18(16,17)7-12/h8,10H,5-7H2,1-4H3. The van der Waals surface area contributed by atoms with Gasteiger partial charge in [-0.15, -0.1) is 0 Å². The first-order valence-electron chi connectivity index (χ1n) is 6.26. The number of sulfone groups is 1. The van der Waals surface area contributed by atoms with E-state index in [1.54, 1.807) is 0 Å². The van der Waals surface area contributed by atoms with Gasteiger partial charge < -0.3 is 0 Å². The number of hydrogen-bond acceptors (Lipinski definition) is 4. The van der Waals surface area contributed by atoms with Crippen LogP contribution in [0.1, 0.15) is 34.1 Å². The van der Waals surface area contributed by atoms with Gasteiger partial charge in [0, 0.05) is 5.71 Å². The second-order valence-electron chi connectivity index (χ2n) is 5.95. The number of amides is 1. The minimum Gasteiger partial charge on any atom is -0.272 e. The second-order valence-corrected chi connectivity index (χ2v) is 8.14. The maximum Gasteiger partial charge on any atom is 0.252 e. The summed E-state index contributed by atoms with van der Waals surface area (Å²) in [5, 5.41) is 5.76. The Morgan fingerprint density at radius 2 is 2.06 bits per heavy atom. The van der Waals surface area contributed by atoms with E-state index in [4.69, 9.17) is 0 Å². The summed E-state index contributed by atoms with van der Waals surface area (Å²) in [6.45, 7) is 7.63. The molecule has 0 aromatic heterocycles. The van der Waals surface area contributed by atoms with Gasteiger partial charge in [-0.3, -0.25) is 4.79 Å². The van der Waals surface area contributed by atoms with Gasteiger partial charge >= 0.3 is 0 Å². The van der Waals surface area contributed by atoms with Crippen molar-refractivity contribution in [2.45, 2.75) is 39.7 Å². The van der Waals surface area contributed by atoms with Crippen molar-refractivity contribution in [3.63, 3.8) is 0 Å². The van der Waals surface area contributed by atoms with Crippen LogP contribution in [0.25, 0.3) is 0 Å². The first kappa shape index (κ1) is 13.5. The van der Waals surface area contributed by atoms with E-state index in [-0.39, 0.29) is 29.2 Å². The van der Waals surface area contributed by atoms with Gasteiger partial charge in [-0.2, -0.15) is 5.10 Å². The summed E-state index contributed by atoms with van der Waals surface area (Å²) in [6, 6.07) is 0. The zero-order chi connectivity index (χ0) is 13.7. The minimum atomic E-state index is -3.03. The van der Waals surface area contributed by atoms with Gasteiger partial charge in [-0.05, 0) is 26.2 Å². The van der Waals surface area contributed by atoms with Crippen molar-refractivity contribution in [3.05, 3.63) is 0 Å². The molecule has 5 nitrogen and oxygen atoms in total. The number of carbonyl (C=O) groups excluding carboxylic acids is 1. The molecule has 2 aliphatic heterocycles. The Labute approximate surface area is 108 Å². The number of hydrazone groups is 1. The molecule has 102 valence electrons. The fourth-order valence-electron chi connectivity index (χ4n) is 2.89. The monoisotopic (exact) mass is 272 g/mol. The van der Waals surface area contributed by atoms with E-state index in [9.17, 15) is 13.2 Å². The predicted octanol–water partition coefficient (Wildman–Crippen LogP) is 1.05. The van der Waals surface area contributed by atoms with E-state index >= 15 is 0 Å². The summed E-state index contributed by atoms with van der Waals surface area (Å²) in [5.41, 5.74) is 0.126. The molecule has 0 N–H and O–H groups in total. The lowest BCUT2D eigenvalue weighted by Crippen LogP contribution is -2.47. The van der Waals surface area contributed by atoms with E-state index in [1.165, 1.54) is 5.01 Å². The highest BCUT2D eigenvalue weighted by Crippen LogP contribution is 2.35. The predicted molar refractivity (Wildman–Crippen MR) is 70.0 cm³/mol. The Kier molecular flexibility index (Phi) is 3.04. The Balaban J connectivity index is 2.30. The Hall–Kier alpha value is -0.910. The highest BCUT2D eigenvalue weighted by Gasteiger charge is 2.50. The van der Waals surface area contributed by atoms with Crippen LogP contribution in [0.5, 0.6) is 0 Å². The Morgan fingerprint density at radius 3 is 2.44 bits per heavy atom. The number of nitrogens with zero attached hydrogens (tertiary/aromatic N) is 2. The zero-order valence-electron chi connectivity index (χ0n) is 11.3. The molecule has 1 saturated heterocycles. The van der Waals surface area contributed by atoms with Crippen LogP contribution in [0.4, 0.5) is 0 Å². The van der Waals surface area contributed by atoms with E-state index < -0.39 is 15.4 Å². The summed E-state index contributed by atoms with van der Waals surface area (Å²) in [5.74, 6) is 0.0988. The van der Waals surface area contributed by atoms with Gasteiger partial charge in [0.2, 0.25) is 0 Å². The first-order valence-corrected chi connectivity index (χ1v) is 8.08. The van der Waals surface area contributed by atoms with Crippen molar-refractivity contribution in [2.75, 3.05) is 11.5 Å². The van der Waals surface area contributed by atoms with Crippen LogP contribution in [0.2, 0.25) is 0 Å². The van der Waals surface area contributed by atoms with Crippen LogP contribution < -0.4 is 0 Å².